The molecule has 1 N–H and O–H groups in total. The molecule has 132 valence electrons. The van der Waals surface area contributed by atoms with Crippen molar-refractivity contribution in [2.45, 2.75) is 26.2 Å². The van der Waals surface area contributed by atoms with Crippen LogP contribution in [0.3, 0.4) is 0 Å². The lowest BCUT2D eigenvalue weighted by Crippen LogP contribution is -2.12. The maximum Gasteiger partial charge on any atom is 0.257 e. The van der Waals surface area contributed by atoms with Crippen LogP contribution in [0.1, 0.15) is 40.0 Å². The first-order chi connectivity index (χ1) is 12.5. The summed E-state index contributed by atoms with van der Waals surface area (Å²) in [5.41, 5.74) is 4.18. The largest absolute Gasteiger partial charge is 0.322 e. The molecule has 0 spiro atoms. The van der Waals surface area contributed by atoms with Crippen molar-refractivity contribution in [3.05, 3.63) is 82.7 Å². The van der Waals surface area contributed by atoms with Crippen molar-refractivity contribution >= 4 is 23.2 Å². The third-order valence-electron chi connectivity index (χ3n) is 4.02. The van der Waals surface area contributed by atoms with Crippen LogP contribution in [0.15, 0.2) is 55.1 Å². The Morgan fingerprint density at radius 1 is 1.15 bits per heavy atom. The highest BCUT2D eigenvalue weighted by atomic mass is 35.5. The fourth-order valence-corrected chi connectivity index (χ4v) is 2.88. The molecule has 2 heterocycles. The molecule has 1 amide bonds. The van der Waals surface area contributed by atoms with Gasteiger partial charge in [-0.05, 0) is 48.6 Å². The van der Waals surface area contributed by atoms with E-state index in [0.717, 1.165) is 22.5 Å². The molecular weight excluding hydrogens is 348 g/mol. The van der Waals surface area contributed by atoms with Crippen molar-refractivity contribution in [2.75, 3.05) is 5.32 Å². The van der Waals surface area contributed by atoms with Gasteiger partial charge in [0.1, 0.15) is 5.15 Å². The van der Waals surface area contributed by atoms with Gasteiger partial charge in [0.15, 0.2) is 0 Å². The van der Waals surface area contributed by atoms with E-state index in [-0.39, 0.29) is 11.8 Å². The van der Waals surface area contributed by atoms with Crippen molar-refractivity contribution in [1.82, 2.24) is 15.0 Å². The fourth-order valence-electron chi connectivity index (χ4n) is 2.71. The highest BCUT2D eigenvalue weighted by Gasteiger charge is 2.11. The Morgan fingerprint density at radius 2 is 1.96 bits per heavy atom. The van der Waals surface area contributed by atoms with E-state index in [1.54, 1.807) is 18.6 Å². The van der Waals surface area contributed by atoms with Crippen LogP contribution in [0.5, 0.6) is 0 Å². The van der Waals surface area contributed by atoms with Crippen LogP contribution in [-0.2, 0) is 6.42 Å². The quantitative estimate of drug-likeness (QED) is 0.725. The van der Waals surface area contributed by atoms with E-state index in [4.69, 9.17) is 11.6 Å². The number of benzene rings is 1. The van der Waals surface area contributed by atoms with Crippen LogP contribution in [-0.4, -0.2) is 20.9 Å². The number of carbonyl (C=O) groups is 1. The minimum absolute atomic E-state index is 0.174. The van der Waals surface area contributed by atoms with Gasteiger partial charge in [0, 0.05) is 24.3 Å². The van der Waals surface area contributed by atoms with Crippen molar-refractivity contribution in [3.63, 3.8) is 0 Å². The zero-order chi connectivity index (χ0) is 18.5. The second-order valence-electron chi connectivity index (χ2n) is 6.27. The molecule has 6 heteroatoms. The second-order valence-corrected chi connectivity index (χ2v) is 6.66. The molecule has 0 saturated carbocycles. The Kier molecular flexibility index (Phi) is 5.58. The summed E-state index contributed by atoms with van der Waals surface area (Å²) in [7, 11) is 0. The molecule has 0 fully saturated rings. The summed E-state index contributed by atoms with van der Waals surface area (Å²) in [6.07, 6.45) is 7.24. The Morgan fingerprint density at radius 3 is 2.73 bits per heavy atom. The number of rotatable bonds is 5. The molecule has 0 unspecified atom stereocenters. The van der Waals surface area contributed by atoms with Gasteiger partial charge in [-0.2, -0.15) is 0 Å². The third-order valence-corrected chi connectivity index (χ3v) is 4.20. The highest BCUT2D eigenvalue weighted by Crippen LogP contribution is 2.23. The summed E-state index contributed by atoms with van der Waals surface area (Å²) < 4.78 is 0. The molecule has 5 nitrogen and oxygen atoms in total. The standard InChI is InChI=1S/C20H19ClN4O/c1-13-6-16(10-22-9-13)20(26)25-17-5-3-4-15(8-17)14(2)7-18-11-23-12-19(21)24-18/h3-6,8-12,14H,7H2,1-2H3,(H,25,26)/t14-/m1/s1. The monoisotopic (exact) mass is 366 g/mol. The van der Waals surface area contributed by atoms with Crippen LogP contribution in [0.25, 0.3) is 0 Å². The number of hydrogen-bond acceptors (Lipinski definition) is 4. The van der Waals surface area contributed by atoms with E-state index in [0.29, 0.717) is 17.1 Å². The first-order valence-electron chi connectivity index (χ1n) is 8.30. The lowest BCUT2D eigenvalue weighted by atomic mass is 9.96. The van der Waals surface area contributed by atoms with Gasteiger partial charge in [-0.1, -0.05) is 30.7 Å². The van der Waals surface area contributed by atoms with E-state index >= 15 is 0 Å². The van der Waals surface area contributed by atoms with Gasteiger partial charge in [-0.3, -0.25) is 14.8 Å². The maximum absolute atomic E-state index is 12.4. The average Bonchev–Trinajstić information content (AvgIpc) is 2.62. The minimum atomic E-state index is -0.174. The Hall–Kier alpha value is -2.79. The Bertz CT molecular complexity index is 929. The molecule has 0 aliphatic heterocycles. The lowest BCUT2D eigenvalue weighted by molar-refractivity contribution is 0.102. The van der Waals surface area contributed by atoms with Gasteiger partial charge >= 0.3 is 0 Å². The van der Waals surface area contributed by atoms with E-state index in [1.165, 1.54) is 6.20 Å². The molecule has 0 aliphatic carbocycles. The summed E-state index contributed by atoms with van der Waals surface area (Å²) in [6, 6.07) is 9.62. The highest BCUT2D eigenvalue weighted by molar-refractivity contribution is 6.29. The van der Waals surface area contributed by atoms with Gasteiger partial charge < -0.3 is 5.32 Å². The normalized spacial score (nSPS) is 11.8. The van der Waals surface area contributed by atoms with E-state index in [9.17, 15) is 4.79 Å². The van der Waals surface area contributed by atoms with E-state index in [2.05, 4.69) is 27.2 Å². The number of aromatic nitrogens is 3. The van der Waals surface area contributed by atoms with Crippen LogP contribution in [0, 0.1) is 6.92 Å². The van der Waals surface area contributed by atoms with Gasteiger partial charge in [-0.25, -0.2) is 4.98 Å². The molecule has 2 aromatic heterocycles. The predicted octanol–water partition coefficient (Wildman–Crippen LogP) is 4.43. The van der Waals surface area contributed by atoms with Gasteiger partial charge in [0.2, 0.25) is 0 Å². The number of nitrogens with one attached hydrogen (secondary N) is 1. The number of carbonyl (C=O) groups excluding carboxylic acids is 1. The summed E-state index contributed by atoms with van der Waals surface area (Å²) in [6.45, 7) is 4.01. The van der Waals surface area contributed by atoms with Gasteiger partial charge in [0.05, 0.1) is 17.5 Å². The Balaban J connectivity index is 1.72. The SMILES string of the molecule is Cc1cncc(C(=O)Nc2cccc([C@H](C)Cc3cncc(Cl)n3)c2)c1. The molecule has 0 bridgehead atoms. The summed E-state index contributed by atoms with van der Waals surface area (Å²) in [5, 5.41) is 3.32. The number of aryl methyl sites for hydroxylation is 1. The molecule has 26 heavy (non-hydrogen) atoms. The summed E-state index contributed by atoms with van der Waals surface area (Å²) in [5.74, 6) is 0.0342. The number of amides is 1. The average molecular weight is 367 g/mol. The number of nitrogens with zero attached hydrogens (tertiary/aromatic N) is 3. The maximum atomic E-state index is 12.4. The van der Waals surface area contributed by atoms with Crippen molar-refractivity contribution in [2.24, 2.45) is 0 Å². The van der Waals surface area contributed by atoms with Gasteiger partial charge in [0.25, 0.3) is 5.91 Å². The first-order valence-corrected chi connectivity index (χ1v) is 8.68. The number of hydrogen-bond donors (Lipinski definition) is 1. The van der Waals surface area contributed by atoms with Crippen molar-refractivity contribution < 1.29 is 4.79 Å². The van der Waals surface area contributed by atoms with Crippen LogP contribution in [0.4, 0.5) is 5.69 Å². The fraction of sp³-hybridized carbons (Fsp3) is 0.200. The van der Waals surface area contributed by atoms with Crippen LogP contribution < -0.4 is 5.32 Å². The Labute approximate surface area is 157 Å². The van der Waals surface area contributed by atoms with Crippen molar-refractivity contribution in [1.29, 1.82) is 0 Å². The molecule has 3 rings (SSSR count). The molecule has 3 aromatic rings. The topological polar surface area (TPSA) is 67.8 Å². The molecular formula is C20H19ClN4O. The number of pyridine rings is 1. The van der Waals surface area contributed by atoms with Gasteiger partial charge in [-0.15, -0.1) is 0 Å². The number of anilines is 1. The molecule has 0 saturated heterocycles. The minimum Gasteiger partial charge on any atom is -0.322 e. The summed E-state index contributed by atoms with van der Waals surface area (Å²) in [4.78, 5) is 24.8. The van der Waals surface area contributed by atoms with E-state index in [1.807, 2.05) is 37.3 Å². The molecule has 0 aliphatic rings. The molecule has 1 aromatic carbocycles. The number of halogens is 1. The smallest absolute Gasteiger partial charge is 0.257 e. The first kappa shape index (κ1) is 18.0. The summed E-state index contributed by atoms with van der Waals surface area (Å²) >= 11 is 5.90. The van der Waals surface area contributed by atoms with Crippen LogP contribution in [0.2, 0.25) is 5.15 Å². The predicted molar refractivity (Wildman–Crippen MR) is 103 cm³/mol. The molecule has 0 radical (unpaired) electrons. The van der Waals surface area contributed by atoms with Crippen LogP contribution >= 0.6 is 11.6 Å². The second kappa shape index (κ2) is 8.06. The van der Waals surface area contributed by atoms with E-state index < -0.39 is 0 Å². The zero-order valence-corrected chi connectivity index (χ0v) is 15.4. The van der Waals surface area contributed by atoms with Crippen molar-refractivity contribution in [3.8, 4) is 0 Å². The lowest BCUT2D eigenvalue weighted by Gasteiger charge is -2.13. The third kappa shape index (κ3) is 4.64. The zero-order valence-electron chi connectivity index (χ0n) is 14.6. The molecule has 1 atom stereocenters.